The molecule has 3 aromatic heterocycles. The van der Waals surface area contributed by atoms with E-state index in [0.29, 0.717) is 30.2 Å². The summed E-state index contributed by atoms with van der Waals surface area (Å²) in [5.41, 5.74) is 2.67. The molecule has 0 aliphatic rings. The van der Waals surface area contributed by atoms with Gasteiger partial charge in [-0.2, -0.15) is 16.3 Å². The van der Waals surface area contributed by atoms with Crippen molar-refractivity contribution in [3.8, 4) is 11.5 Å². The molecule has 140 valence electrons. The van der Waals surface area contributed by atoms with Gasteiger partial charge in [0.05, 0.1) is 0 Å². The van der Waals surface area contributed by atoms with Gasteiger partial charge in [0.15, 0.2) is 0 Å². The van der Waals surface area contributed by atoms with E-state index in [4.69, 9.17) is 4.42 Å². The molecule has 0 aliphatic carbocycles. The zero-order valence-electron chi connectivity index (χ0n) is 15.1. The number of aryl methyl sites for hydroxylation is 1. The van der Waals surface area contributed by atoms with Crippen LogP contribution in [-0.4, -0.2) is 20.7 Å². The first-order valence-electron chi connectivity index (χ1n) is 8.90. The van der Waals surface area contributed by atoms with Crippen molar-refractivity contribution < 1.29 is 9.21 Å². The number of thiophene rings is 1. The lowest BCUT2D eigenvalue weighted by atomic mass is 10.2. The highest BCUT2D eigenvalue weighted by Crippen LogP contribution is 2.20. The molecule has 0 aliphatic heterocycles. The Balaban J connectivity index is 1.44. The van der Waals surface area contributed by atoms with Gasteiger partial charge in [0, 0.05) is 36.5 Å². The lowest BCUT2D eigenvalue weighted by Crippen LogP contribution is -2.22. The zero-order chi connectivity index (χ0) is 19.2. The lowest BCUT2D eigenvalue weighted by molar-refractivity contribution is -0.118. The number of hydrogen-bond acceptors (Lipinski definition) is 5. The molecule has 0 spiro atoms. The summed E-state index contributed by atoms with van der Waals surface area (Å²) in [4.78, 5) is 16.6. The molecule has 6 nitrogen and oxygen atoms in total. The molecule has 28 heavy (non-hydrogen) atoms. The van der Waals surface area contributed by atoms with Crippen LogP contribution in [0.4, 0.5) is 0 Å². The fourth-order valence-corrected chi connectivity index (χ4v) is 3.37. The molecule has 1 amide bonds. The third kappa shape index (κ3) is 4.50. The van der Waals surface area contributed by atoms with E-state index in [0.717, 1.165) is 11.1 Å². The van der Waals surface area contributed by atoms with Crippen LogP contribution in [0.2, 0.25) is 0 Å². The molecule has 4 rings (SSSR count). The van der Waals surface area contributed by atoms with Crippen molar-refractivity contribution in [2.45, 2.75) is 19.4 Å². The Hall–Kier alpha value is -3.32. The summed E-state index contributed by atoms with van der Waals surface area (Å²) in [7, 11) is 0. The first-order chi connectivity index (χ1) is 13.8. The molecular weight excluding hydrogens is 372 g/mol. The SMILES string of the molecule is O=C(CCc1nnc(-c2ccsc2)o1)N=c1ccccn1Cc1ccccc1. The van der Waals surface area contributed by atoms with Gasteiger partial charge in [-0.05, 0) is 29.1 Å². The molecule has 0 saturated carbocycles. The van der Waals surface area contributed by atoms with Gasteiger partial charge in [0.25, 0.3) is 0 Å². The third-order valence-electron chi connectivity index (χ3n) is 4.14. The molecule has 4 aromatic rings. The second kappa shape index (κ2) is 8.58. The number of amides is 1. The number of pyridine rings is 1. The number of hydrogen-bond donors (Lipinski definition) is 0. The first kappa shape index (κ1) is 18.1. The van der Waals surface area contributed by atoms with E-state index in [1.165, 1.54) is 0 Å². The molecule has 0 bridgehead atoms. The first-order valence-corrected chi connectivity index (χ1v) is 9.84. The minimum absolute atomic E-state index is 0.214. The number of rotatable bonds is 6. The molecule has 3 heterocycles. The number of carbonyl (C=O) groups excluding carboxylic acids is 1. The highest BCUT2D eigenvalue weighted by atomic mass is 32.1. The third-order valence-corrected chi connectivity index (χ3v) is 4.82. The average Bonchev–Trinajstić information content (AvgIpc) is 3.40. The predicted octanol–water partition coefficient (Wildman–Crippen LogP) is 3.71. The number of nitrogens with zero attached hydrogens (tertiary/aromatic N) is 4. The fraction of sp³-hybridized carbons (Fsp3) is 0.143. The second-order valence-electron chi connectivity index (χ2n) is 6.19. The van der Waals surface area contributed by atoms with Crippen molar-refractivity contribution in [3.05, 3.63) is 88.5 Å². The van der Waals surface area contributed by atoms with E-state index in [9.17, 15) is 4.79 Å². The molecule has 0 radical (unpaired) electrons. The topological polar surface area (TPSA) is 73.3 Å². The van der Waals surface area contributed by atoms with Crippen LogP contribution in [0.1, 0.15) is 17.9 Å². The molecule has 0 unspecified atom stereocenters. The maximum absolute atomic E-state index is 12.4. The monoisotopic (exact) mass is 390 g/mol. The molecular formula is C21H18N4O2S. The largest absolute Gasteiger partial charge is 0.421 e. The maximum Gasteiger partial charge on any atom is 0.248 e. The van der Waals surface area contributed by atoms with Crippen molar-refractivity contribution >= 4 is 17.2 Å². The van der Waals surface area contributed by atoms with E-state index < -0.39 is 0 Å². The second-order valence-corrected chi connectivity index (χ2v) is 6.97. The van der Waals surface area contributed by atoms with E-state index >= 15 is 0 Å². The Morgan fingerprint density at radius 1 is 1.07 bits per heavy atom. The average molecular weight is 390 g/mol. The van der Waals surface area contributed by atoms with Gasteiger partial charge in [-0.1, -0.05) is 36.4 Å². The van der Waals surface area contributed by atoms with Crippen molar-refractivity contribution in [3.63, 3.8) is 0 Å². The standard InChI is InChI=1S/C21H18N4O2S/c26-19(9-10-20-23-24-21(27-20)17-11-13-28-15-17)22-18-8-4-5-12-25(18)14-16-6-2-1-3-7-16/h1-8,11-13,15H,9-10,14H2. The highest BCUT2D eigenvalue weighted by molar-refractivity contribution is 7.08. The number of carbonyl (C=O) groups is 1. The van der Waals surface area contributed by atoms with Gasteiger partial charge in [0.1, 0.15) is 5.49 Å². The van der Waals surface area contributed by atoms with Gasteiger partial charge in [-0.15, -0.1) is 10.2 Å². The van der Waals surface area contributed by atoms with E-state index in [-0.39, 0.29) is 12.3 Å². The summed E-state index contributed by atoms with van der Waals surface area (Å²) in [5, 5.41) is 11.9. The van der Waals surface area contributed by atoms with Crippen LogP contribution in [0.5, 0.6) is 0 Å². The Bertz CT molecular complexity index is 1110. The molecule has 0 saturated heterocycles. The minimum Gasteiger partial charge on any atom is -0.421 e. The van der Waals surface area contributed by atoms with E-state index in [1.807, 2.05) is 76.1 Å². The van der Waals surface area contributed by atoms with Crippen LogP contribution in [0.3, 0.4) is 0 Å². The Labute approximate surface area is 165 Å². The van der Waals surface area contributed by atoms with Crippen LogP contribution in [0.15, 0.2) is 81.0 Å². The summed E-state index contributed by atoms with van der Waals surface area (Å²) >= 11 is 1.57. The smallest absolute Gasteiger partial charge is 0.248 e. The predicted molar refractivity (Wildman–Crippen MR) is 106 cm³/mol. The van der Waals surface area contributed by atoms with Crippen LogP contribution < -0.4 is 5.49 Å². The summed E-state index contributed by atoms with van der Waals surface area (Å²) in [5.74, 6) is 0.697. The quantitative estimate of drug-likeness (QED) is 0.503. The van der Waals surface area contributed by atoms with Crippen molar-refractivity contribution in [1.82, 2.24) is 14.8 Å². The van der Waals surface area contributed by atoms with Crippen molar-refractivity contribution in [2.24, 2.45) is 4.99 Å². The zero-order valence-corrected chi connectivity index (χ0v) is 15.9. The fourth-order valence-electron chi connectivity index (χ4n) is 2.74. The van der Waals surface area contributed by atoms with E-state index in [1.54, 1.807) is 11.3 Å². The summed E-state index contributed by atoms with van der Waals surface area (Å²) < 4.78 is 7.57. The minimum atomic E-state index is -0.219. The van der Waals surface area contributed by atoms with Crippen LogP contribution in [0, 0.1) is 0 Å². The number of aromatic nitrogens is 3. The van der Waals surface area contributed by atoms with Crippen molar-refractivity contribution in [1.29, 1.82) is 0 Å². The van der Waals surface area contributed by atoms with Gasteiger partial charge < -0.3 is 8.98 Å². The van der Waals surface area contributed by atoms with E-state index in [2.05, 4.69) is 15.2 Å². The Morgan fingerprint density at radius 2 is 1.93 bits per heavy atom. The lowest BCUT2D eigenvalue weighted by Gasteiger charge is -2.07. The van der Waals surface area contributed by atoms with Gasteiger partial charge >= 0.3 is 0 Å². The molecule has 7 heteroatoms. The van der Waals surface area contributed by atoms with Crippen LogP contribution >= 0.6 is 11.3 Å². The molecule has 1 aromatic carbocycles. The molecule has 0 N–H and O–H groups in total. The number of benzene rings is 1. The molecule has 0 atom stereocenters. The van der Waals surface area contributed by atoms with Crippen molar-refractivity contribution in [2.75, 3.05) is 0 Å². The summed E-state index contributed by atoms with van der Waals surface area (Å²) in [6.45, 7) is 0.654. The van der Waals surface area contributed by atoms with Crippen LogP contribution in [0.25, 0.3) is 11.5 Å². The Kier molecular flexibility index (Phi) is 5.53. The van der Waals surface area contributed by atoms with Gasteiger partial charge in [-0.3, -0.25) is 4.79 Å². The van der Waals surface area contributed by atoms with Gasteiger partial charge in [0.2, 0.25) is 17.7 Å². The summed E-state index contributed by atoms with van der Waals surface area (Å²) in [6.07, 6.45) is 2.50. The molecule has 0 fully saturated rings. The normalized spacial score (nSPS) is 11.6. The van der Waals surface area contributed by atoms with Gasteiger partial charge in [-0.25, -0.2) is 0 Å². The summed E-state index contributed by atoms with van der Waals surface area (Å²) in [6, 6.07) is 17.6. The Morgan fingerprint density at radius 3 is 2.75 bits per heavy atom. The van der Waals surface area contributed by atoms with Crippen LogP contribution in [-0.2, 0) is 17.8 Å². The highest BCUT2D eigenvalue weighted by Gasteiger charge is 2.10. The maximum atomic E-state index is 12.4.